The first-order chi connectivity index (χ1) is 12.0. The fraction of sp³-hybridized carbons (Fsp3) is 0.353. The lowest BCUT2D eigenvalue weighted by Crippen LogP contribution is -2.15. The van der Waals surface area contributed by atoms with Crippen LogP contribution >= 0.6 is 0 Å². The SMILES string of the molecule is CCn1nc(C)c(-c2ccnc(NCc3nc(C)cc(=O)[nH]3)n2)c1C. The molecule has 0 aliphatic carbocycles. The predicted molar refractivity (Wildman–Crippen MR) is 95.3 cm³/mol. The molecule has 0 aromatic carbocycles. The highest BCUT2D eigenvalue weighted by Crippen LogP contribution is 2.25. The second-order valence-electron chi connectivity index (χ2n) is 5.81. The lowest BCUT2D eigenvalue weighted by molar-refractivity contribution is 0.634. The smallest absolute Gasteiger partial charge is 0.251 e. The number of H-pyrrole nitrogens is 1. The Morgan fingerprint density at radius 3 is 2.72 bits per heavy atom. The summed E-state index contributed by atoms with van der Waals surface area (Å²) in [5, 5.41) is 7.64. The molecule has 0 fully saturated rings. The van der Waals surface area contributed by atoms with Gasteiger partial charge in [0.2, 0.25) is 5.95 Å². The minimum Gasteiger partial charge on any atom is -0.347 e. The molecule has 8 nitrogen and oxygen atoms in total. The Hall–Kier alpha value is -3.03. The number of nitrogens with one attached hydrogen (secondary N) is 2. The maximum atomic E-state index is 11.5. The molecule has 0 radical (unpaired) electrons. The van der Waals surface area contributed by atoms with Gasteiger partial charge < -0.3 is 10.3 Å². The van der Waals surface area contributed by atoms with Crippen LogP contribution in [0.5, 0.6) is 0 Å². The summed E-state index contributed by atoms with van der Waals surface area (Å²) in [5.74, 6) is 1.02. The number of rotatable bonds is 5. The molecular weight excluding hydrogens is 318 g/mol. The summed E-state index contributed by atoms with van der Waals surface area (Å²) in [5.41, 5.74) is 4.36. The van der Waals surface area contributed by atoms with Crippen molar-refractivity contribution in [3.63, 3.8) is 0 Å². The summed E-state index contributed by atoms with van der Waals surface area (Å²) in [6.45, 7) is 9.01. The molecule has 2 N–H and O–H groups in total. The molecule has 3 rings (SSSR count). The van der Waals surface area contributed by atoms with Crippen LogP contribution in [0.2, 0.25) is 0 Å². The number of anilines is 1. The molecule has 0 atom stereocenters. The minimum atomic E-state index is -0.169. The molecule has 0 unspecified atom stereocenters. The van der Waals surface area contributed by atoms with Crippen molar-refractivity contribution >= 4 is 5.95 Å². The molecule has 3 aromatic heterocycles. The largest absolute Gasteiger partial charge is 0.347 e. The second-order valence-corrected chi connectivity index (χ2v) is 5.81. The van der Waals surface area contributed by atoms with Crippen molar-refractivity contribution in [2.24, 2.45) is 0 Å². The van der Waals surface area contributed by atoms with Crippen molar-refractivity contribution in [3.05, 3.63) is 51.6 Å². The number of hydrogen-bond donors (Lipinski definition) is 2. The van der Waals surface area contributed by atoms with Gasteiger partial charge in [0.05, 0.1) is 17.9 Å². The van der Waals surface area contributed by atoms with E-state index in [0.29, 0.717) is 24.0 Å². The maximum Gasteiger partial charge on any atom is 0.251 e. The lowest BCUT2D eigenvalue weighted by atomic mass is 10.1. The topological polar surface area (TPSA) is 101 Å². The number of hydrogen-bond acceptors (Lipinski definition) is 6. The van der Waals surface area contributed by atoms with Gasteiger partial charge >= 0.3 is 0 Å². The van der Waals surface area contributed by atoms with Crippen LogP contribution in [0.4, 0.5) is 5.95 Å². The van der Waals surface area contributed by atoms with Gasteiger partial charge in [0.25, 0.3) is 5.56 Å². The van der Waals surface area contributed by atoms with Crippen LogP contribution in [-0.2, 0) is 13.1 Å². The highest BCUT2D eigenvalue weighted by Gasteiger charge is 2.14. The Morgan fingerprint density at radius 2 is 2.04 bits per heavy atom. The van der Waals surface area contributed by atoms with Crippen molar-refractivity contribution in [2.45, 2.75) is 40.8 Å². The molecule has 130 valence electrons. The van der Waals surface area contributed by atoms with Crippen LogP contribution in [0.3, 0.4) is 0 Å². The summed E-state index contributed by atoms with van der Waals surface area (Å²) in [6, 6.07) is 3.33. The third-order valence-corrected chi connectivity index (χ3v) is 3.93. The fourth-order valence-corrected chi connectivity index (χ4v) is 2.85. The van der Waals surface area contributed by atoms with E-state index in [4.69, 9.17) is 0 Å². The van der Waals surface area contributed by atoms with Crippen molar-refractivity contribution in [1.82, 2.24) is 29.7 Å². The Kier molecular flexibility index (Phi) is 4.60. The molecule has 0 aliphatic rings. The summed E-state index contributed by atoms with van der Waals surface area (Å²) < 4.78 is 1.96. The molecule has 0 saturated carbocycles. The van der Waals surface area contributed by atoms with Gasteiger partial charge in [0, 0.05) is 35.8 Å². The van der Waals surface area contributed by atoms with E-state index in [-0.39, 0.29) is 5.56 Å². The molecule has 0 spiro atoms. The summed E-state index contributed by atoms with van der Waals surface area (Å²) in [7, 11) is 0. The molecule has 0 saturated heterocycles. The van der Waals surface area contributed by atoms with Gasteiger partial charge in [-0.25, -0.2) is 15.0 Å². The summed E-state index contributed by atoms with van der Waals surface area (Å²) in [4.78, 5) is 27.3. The predicted octanol–water partition coefficient (Wildman–Crippen LogP) is 1.98. The van der Waals surface area contributed by atoms with E-state index < -0.39 is 0 Å². The first-order valence-corrected chi connectivity index (χ1v) is 8.16. The Bertz CT molecular complexity index is 958. The monoisotopic (exact) mass is 339 g/mol. The molecule has 8 heteroatoms. The van der Waals surface area contributed by atoms with Crippen molar-refractivity contribution in [1.29, 1.82) is 0 Å². The lowest BCUT2D eigenvalue weighted by Gasteiger charge is -2.07. The third kappa shape index (κ3) is 3.57. The highest BCUT2D eigenvalue weighted by atomic mass is 16.1. The van der Waals surface area contributed by atoms with Gasteiger partial charge in [-0.05, 0) is 33.8 Å². The van der Waals surface area contributed by atoms with Gasteiger partial charge in [-0.3, -0.25) is 9.48 Å². The molecule has 0 aliphatic heterocycles. The van der Waals surface area contributed by atoms with Crippen molar-refractivity contribution < 1.29 is 0 Å². The van der Waals surface area contributed by atoms with E-state index in [1.807, 2.05) is 24.6 Å². The first kappa shape index (κ1) is 16.8. The Labute approximate surface area is 145 Å². The number of nitrogens with zero attached hydrogens (tertiary/aromatic N) is 5. The van der Waals surface area contributed by atoms with E-state index >= 15 is 0 Å². The molecule has 25 heavy (non-hydrogen) atoms. The average molecular weight is 339 g/mol. The molecule has 3 heterocycles. The van der Waals surface area contributed by atoms with Crippen LogP contribution in [-0.4, -0.2) is 29.7 Å². The normalized spacial score (nSPS) is 10.9. The minimum absolute atomic E-state index is 0.169. The first-order valence-electron chi connectivity index (χ1n) is 8.16. The molecule has 0 amide bonds. The van der Waals surface area contributed by atoms with Crippen molar-refractivity contribution in [3.8, 4) is 11.3 Å². The molecular formula is C17H21N7O. The van der Waals surface area contributed by atoms with Crippen LogP contribution in [0.15, 0.2) is 23.1 Å². The maximum absolute atomic E-state index is 11.5. The number of aryl methyl sites for hydroxylation is 3. The van der Waals surface area contributed by atoms with Gasteiger partial charge in [-0.15, -0.1) is 0 Å². The second kappa shape index (κ2) is 6.84. The number of aromatic nitrogens is 6. The standard InChI is InChI=1S/C17H21N7O/c1-5-24-12(4)16(11(3)23-24)13-6-7-18-17(21-13)19-9-14-20-10(2)8-15(25)22-14/h6-8H,5,9H2,1-4H3,(H,18,19,21)(H,20,22,25). The zero-order valence-corrected chi connectivity index (χ0v) is 14.8. The Morgan fingerprint density at radius 1 is 1.24 bits per heavy atom. The highest BCUT2D eigenvalue weighted by molar-refractivity contribution is 5.65. The zero-order valence-electron chi connectivity index (χ0n) is 14.8. The van der Waals surface area contributed by atoms with Crippen LogP contribution < -0.4 is 10.9 Å². The van der Waals surface area contributed by atoms with Gasteiger partial charge in [-0.1, -0.05) is 0 Å². The van der Waals surface area contributed by atoms with Crippen molar-refractivity contribution in [2.75, 3.05) is 5.32 Å². The van der Waals surface area contributed by atoms with Crippen LogP contribution in [0.1, 0.15) is 29.8 Å². The van der Waals surface area contributed by atoms with E-state index in [1.54, 1.807) is 13.1 Å². The molecule has 3 aromatic rings. The summed E-state index contributed by atoms with van der Waals surface area (Å²) >= 11 is 0. The zero-order chi connectivity index (χ0) is 18.0. The van der Waals surface area contributed by atoms with E-state index in [9.17, 15) is 4.79 Å². The quantitative estimate of drug-likeness (QED) is 0.737. The molecule has 0 bridgehead atoms. The van der Waals surface area contributed by atoms with E-state index in [1.165, 1.54) is 6.07 Å². The van der Waals surface area contributed by atoms with Gasteiger partial charge in [0.15, 0.2) is 0 Å². The van der Waals surface area contributed by atoms with Gasteiger partial charge in [0.1, 0.15) is 5.82 Å². The average Bonchev–Trinajstić information content (AvgIpc) is 2.86. The third-order valence-electron chi connectivity index (χ3n) is 3.93. The van der Waals surface area contributed by atoms with Gasteiger partial charge in [-0.2, -0.15) is 5.10 Å². The van der Waals surface area contributed by atoms with Crippen LogP contribution in [0, 0.1) is 20.8 Å². The van der Waals surface area contributed by atoms with E-state index in [2.05, 4.69) is 37.3 Å². The fourth-order valence-electron chi connectivity index (χ4n) is 2.85. The Balaban J connectivity index is 1.85. The summed E-state index contributed by atoms with van der Waals surface area (Å²) in [6.07, 6.45) is 1.71. The number of aromatic amines is 1. The van der Waals surface area contributed by atoms with E-state index in [0.717, 1.165) is 29.2 Å². The van der Waals surface area contributed by atoms with Crippen LogP contribution in [0.25, 0.3) is 11.3 Å².